The van der Waals surface area contributed by atoms with E-state index in [2.05, 4.69) is 20.6 Å². The Morgan fingerprint density at radius 3 is 2.81 bits per heavy atom. The highest BCUT2D eigenvalue weighted by Crippen LogP contribution is 2.39. The van der Waals surface area contributed by atoms with E-state index in [0.717, 1.165) is 40.3 Å². The summed E-state index contributed by atoms with van der Waals surface area (Å²) in [4.78, 5) is 35.9. The van der Waals surface area contributed by atoms with Crippen LogP contribution in [0.25, 0.3) is 10.2 Å². The Kier molecular flexibility index (Phi) is 6.70. The molecule has 6 nitrogen and oxygen atoms in total. The zero-order chi connectivity index (χ0) is 19.4. The number of thiophene rings is 1. The van der Waals surface area contributed by atoms with E-state index in [4.69, 9.17) is 0 Å². The second kappa shape index (κ2) is 9.01. The van der Waals surface area contributed by atoms with E-state index in [1.807, 2.05) is 13.8 Å². The maximum atomic E-state index is 12.3. The van der Waals surface area contributed by atoms with Gasteiger partial charge in [0, 0.05) is 16.8 Å². The number of nitrogens with one attached hydrogen (secondary N) is 2. The third-order valence-corrected chi connectivity index (χ3v) is 6.71. The molecule has 1 aliphatic carbocycles. The summed E-state index contributed by atoms with van der Waals surface area (Å²) in [5.74, 6) is 0.660. The topological polar surface area (TPSA) is 84.0 Å². The number of carbonyl (C=O) groups is 2. The molecule has 2 N–H and O–H groups in total. The molecule has 27 heavy (non-hydrogen) atoms. The zero-order valence-electron chi connectivity index (χ0n) is 16.1. The van der Waals surface area contributed by atoms with E-state index in [-0.39, 0.29) is 17.6 Å². The summed E-state index contributed by atoms with van der Waals surface area (Å²) < 4.78 is 0. The molecule has 2 amide bonds. The fourth-order valence-electron chi connectivity index (χ4n) is 3.21. The molecule has 2 aromatic rings. The molecule has 2 aromatic heterocycles. The van der Waals surface area contributed by atoms with Crippen molar-refractivity contribution in [3.8, 4) is 0 Å². The fourth-order valence-corrected chi connectivity index (χ4v) is 5.50. The minimum atomic E-state index is -0.536. The van der Waals surface area contributed by atoms with Crippen LogP contribution in [-0.2, 0) is 22.4 Å². The summed E-state index contributed by atoms with van der Waals surface area (Å²) in [7, 11) is 0. The van der Waals surface area contributed by atoms with Crippen molar-refractivity contribution in [1.82, 2.24) is 20.6 Å². The summed E-state index contributed by atoms with van der Waals surface area (Å²) in [5.41, 5.74) is 1.37. The normalized spacial score (nSPS) is 14.6. The summed E-state index contributed by atoms with van der Waals surface area (Å²) in [6.45, 7) is 6.21. The zero-order valence-corrected chi connectivity index (χ0v) is 17.7. The minimum absolute atomic E-state index is 0.151. The van der Waals surface area contributed by atoms with Gasteiger partial charge in [0.2, 0.25) is 11.8 Å². The Balaban J connectivity index is 1.69. The van der Waals surface area contributed by atoms with E-state index >= 15 is 0 Å². The van der Waals surface area contributed by atoms with Crippen molar-refractivity contribution in [2.75, 3.05) is 12.3 Å². The van der Waals surface area contributed by atoms with E-state index < -0.39 is 6.04 Å². The number of rotatable bonds is 7. The van der Waals surface area contributed by atoms with Crippen LogP contribution >= 0.6 is 23.1 Å². The molecule has 3 rings (SSSR count). The van der Waals surface area contributed by atoms with Gasteiger partial charge in [-0.25, -0.2) is 9.97 Å². The molecular formula is C19H26N4O2S2. The lowest BCUT2D eigenvalue weighted by Crippen LogP contribution is -2.45. The highest BCUT2D eigenvalue weighted by molar-refractivity contribution is 8.00. The number of aryl methyl sites for hydroxylation is 3. The minimum Gasteiger partial charge on any atom is -0.354 e. The molecule has 0 aromatic carbocycles. The molecule has 1 aliphatic rings. The summed E-state index contributed by atoms with van der Waals surface area (Å²) in [5, 5.41) is 7.57. The van der Waals surface area contributed by atoms with Gasteiger partial charge in [0.05, 0.1) is 5.75 Å². The number of hydrogen-bond acceptors (Lipinski definition) is 6. The molecule has 0 fully saturated rings. The smallest absolute Gasteiger partial charge is 0.242 e. The summed E-state index contributed by atoms with van der Waals surface area (Å²) in [6.07, 6.45) is 5.48. The maximum Gasteiger partial charge on any atom is 0.242 e. The van der Waals surface area contributed by atoms with Crippen molar-refractivity contribution in [3.63, 3.8) is 0 Å². The average Bonchev–Trinajstić information content (AvgIpc) is 3.02. The second-order valence-electron chi connectivity index (χ2n) is 6.84. The van der Waals surface area contributed by atoms with Gasteiger partial charge in [0.25, 0.3) is 0 Å². The number of amides is 2. The van der Waals surface area contributed by atoms with Crippen LogP contribution in [0.2, 0.25) is 0 Å². The van der Waals surface area contributed by atoms with Gasteiger partial charge in [0.1, 0.15) is 21.7 Å². The first-order valence-electron chi connectivity index (χ1n) is 9.48. The third-order valence-electron chi connectivity index (χ3n) is 4.55. The number of nitrogens with zero attached hydrogens (tertiary/aromatic N) is 2. The van der Waals surface area contributed by atoms with Crippen LogP contribution in [-0.4, -0.2) is 40.1 Å². The van der Waals surface area contributed by atoms with Crippen LogP contribution in [0.15, 0.2) is 5.03 Å². The van der Waals surface area contributed by atoms with Crippen molar-refractivity contribution < 1.29 is 9.59 Å². The number of hydrogen-bond donors (Lipinski definition) is 2. The molecule has 1 atom stereocenters. The molecule has 2 heterocycles. The first kappa shape index (κ1) is 20.1. The van der Waals surface area contributed by atoms with Crippen molar-refractivity contribution in [3.05, 3.63) is 16.3 Å². The van der Waals surface area contributed by atoms with Gasteiger partial charge in [-0.1, -0.05) is 18.7 Å². The van der Waals surface area contributed by atoms with Crippen molar-refractivity contribution in [2.24, 2.45) is 0 Å². The fraction of sp³-hybridized carbons (Fsp3) is 0.579. The number of thioether (sulfide) groups is 1. The molecule has 0 bridgehead atoms. The lowest BCUT2D eigenvalue weighted by Gasteiger charge is -2.14. The standard InChI is InChI=1S/C19H26N4O2S2/c1-4-9-20-17(25)11(2)21-15(24)10-26-18-16-13-7-5-6-8-14(13)27-19(16)23-12(3)22-18/h11H,4-10H2,1-3H3,(H,20,25)(H,21,24)/t11-/m0/s1. The van der Waals surface area contributed by atoms with E-state index in [1.54, 1.807) is 18.3 Å². The molecular weight excluding hydrogens is 380 g/mol. The van der Waals surface area contributed by atoms with Crippen molar-refractivity contribution in [2.45, 2.75) is 63.9 Å². The number of fused-ring (bicyclic) bond motifs is 3. The number of carbonyl (C=O) groups excluding carboxylic acids is 2. The lowest BCUT2D eigenvalue weighted by atomic mass is 9.97. The average molecular weight is 407 g/mol. The highest BCUT2D eigenvalue weighted by atomic mass is 32.2. The van der Waals surface area contributed by atoms with Crippen LogP contribution in [0, 0.1) is 6.92 Å². The SMILES string of the molecule is CCCNC(=O)[C@H](C)NC(=O)CSc1nc(C)nc2sc3c(c12)CCCC3. The Morgan fingerprint density at radius 1 is 1.26 bits per heavy atom. The van der Waals surface area contributed by atoms with Crippen LogP contribution in [0.4, 0.5) is 0 Å². The van der Waals surface area contributed by atoms with E-state index in [1.165, 1.54) is 35.0 Å². The van der Waals surface area contributed by atoms with Crippen LogP contribution in [0.3, 0.4) is 0 Å². The van der Waals surface area contributed by atoms with E-state index in [9.17, 15) is 9.59 Å². The highest BCUT2D eigenvalue weighted by Gasteiger charge is 2.22. The maximum absolute atomic E-state index is 12.3. The monoisotopic (exact) mass is 406 g/mol. The quantitative estimate of drug-likeness (QED) is 0.545. The predicted octanol–water partition coefficient (Wildman–Crippen LogP) is 3.00. The van der Waals surface area contributed by atoms with Crippen LogP contribution < -0.4 is 10.6 Å². The lowest BCUT2D eigenvalue weighted by molar-refractivity contribution is -0.127. The van der Waals surface area contributed by atoms with Gasteiger partial charge in [-0.05, 0) is 51.5 Å². The number of aromatic nitrogens is 2. The largest absolute Gasteiger partial charge is 0.354 e. The van der Waals surface area contributed by atoms with Gasteiger partial charge >= 0.3 is 0 Å². The molecule has 0 aliphatic heterocycles. The second-order valence-corrected chi connectivity index (χ2v) is 8.88. The van der Waals surface area contributed by atoms with Gasteiger partial charge in [-0.3, -0.25) is 9.59 Å². The predicted molar refractivity (Wildman–Crippen MR) is 110 cm³/mol. The molecule has 146 valence electrons. The molecule has 0 unspecified atom stereocenters. The Hall–Kier alpha value is -1.67. The first-order chi connectivity index (χ1) is 13.0. The summed E-state index contributed by atoms with van der Waals surface area (Å²) in [6, 6.07) is -0.536. The van der Waals surface area contributed by atoms with Gasteiger partial charge < -0.3 is 10.6 Å². The summed E-state index contributed by atoms with van der Waals surface area (Å²) >= 11 is 3.20. The van der Waals surface area contributed by atoms with Crippen LogP contribution in [0.1, 0.15) is 49.4 Å². The van der Waals surface area contributed by atoms with Gasteiger partial charge in [-0.15, -0.1) is 11.3 Å². The molecule has 8 heteroatoms. The van der Waals surface area contributed by atoms with Crippen molar-refractivity contribution in [1.29, 1.82) is 0 Å². The molecule has 0 radical (unpaired) electrons. The Morgan fingerprint density at radius 2 is 2.04 bits per heavy atom. The molecule has 0 spiro atoms. The van der Waals surface area contributed by atoms with Gasteiger partial charge in [-0.2, -0.15) is 0 Å². The Labute approximate surface area is 167 Å². The van der Waals surface area contributed by atoms with Gasteiger partial charge in [0.15, 0.2) is 0 Å². The molecule has 0 saturated heterocycles. The first-order valence-corrected chi connectivity index (χ1v) is 11.3. The van der Waals surface area contributed by atoms with Crippen LogP contribution in [0.5, 0.6) is 0 Å². The van der Waals surface area contributed by atoms with Crippen molar-refractivity contribution >= 4 is 45.1 Å². The van der Waals surface area contributed by atoms with E-state index in [0.29, 0.717) is 6.54 Å². The Bertz CT molecular complexity index is 850. The third kappa shape index (κ3) is 4.79. The molecule has 0 saturated carbocycles.